The van der Waals surface area contributed by atoms with Crippen LogP contribution in [0, 0.1) is 16.0 Å². The van der Waals surface area contributed by atoms with Crippen LogP contribution in [0.1, 0.15) is 30.1 Å². The standard InChI is InChI=1S/C12H15N3O6/c1-7(12(18)19)3-2-4-13-10(16)9-5-8(15(20)21)6-14-11(9)17/h5-7H,2-4H2,1H3,(H,13,16)(H,14,17)(H,18,19). The van der Waals surface area contributed by atoms with E-state index < -0.39 is 28.3 Å². The van der Waals surface area contributed by atoms with Crippen molar-refractivity contribution in [2.75, 3.05) is 6.54 Å². The molecule has 1 amide bonds. The van der Waals surface area contributed by atoms with Gasteiger partial charge in [-0.25, -0.2) is 0 Å². The Hall–Kier alpha value is -2.71. The molecule has 1 aromatic rings. The van der Waals surface area contributed by atoms with Crippen molar-refractivity contribution in [2.45, 2.75) is 19.8 Å². The maximum Gasteiger partial charge on any atom is 0.306 e. The van der Waals surface area contributed by atoms with Crippen LogP contribution in [0.5, 0.6) is 0 Å². The third-order valence-electron chi connectivity index (χ3n) is 2.86. The predicted molar refractivity (Wildman–Crippen MR) is 72.1 cm³/mol. The monoisotopic (exact) mass is 297 g/mol. The number of pyridine rings is 1. The van der Waals surface area contributed by atoms with Gasteiger partial charge in [0.1, 0.15) is 5.56 Å². The summed E-state index contributed by atoms with van der Waals surface area (Å²) in [7, 11) is 0. The van der Waals surface area contributed by atoms with Gasteiger partial charge in [0, 0.05) is 12.6 Å². The summed E-state index contributed by atoms with van der Waals surface area (Å²) in [6.45, 7) is 1.73. The third-order valence-corrected chi connectivity index (χ3v) is 2.86. The lowest BCUT2D eigenvalue weighted by atomic mass is 10.1. The number of nitrogens with zero attached hydrogens (tertiary/aromatic N) is 1. The number of carboxylic acids is 1. The molecule has 0 aliphatic heterocycles. The molecule has 9 nitrogen and oxygen atoms in total. The molecule has 1 aromatic heterocycles. The van der Waals surface area contributed by atoms with Gasteiger partial charge in [0.25, 0.3) is 17.2 Å². The second-order valence-electron chi connectivity index (χ2n) is 4.50. The van der Waals surface area contributed by atoms with Crippen molar-refractivity contribution in [1.82, 2.24) is 10.3 Å². The molecule has 0 fully saturated rings. The molecule has 1 unspecified atom stereocenters. The number of aliphatic carboxylic acids is 1. The largest absolute Gasteiger partial charge is 0.481 e. The summed E-state index contributed by atoms with van der Waals surface area (Å²) in [6, 6.07) is 0.897. The first kappa shape index (κ1) is 16.3. The van der Waals surface area contributed by atoms with E-state index in [1.807, 2.05) is 0 Å². The third kappa shape index (κ3) is 4.71. The number of nitrogens with one attached hydrogen (secondary N) is 2. The average molecular weight is 297 g/mol. The normalized spacial score (nSPS) is 11.7. The summed E-state index contributed by atoms with van der Waals surface area (Å²) < 4.78 is 0. The predicted octanol–water partition coefficient (Wildman–Crippen LogP) is 0.514. The van der Waals surface area contributed by atoms with Gasteiger partial charge in [0.15, 0.2) is 0 Å². The maximum atomic E-state index is 11.7. The van der Waals surface area contributed by atoms with Crippen LogP contribution < -0.4 is 10.9 Å². The molecule has 1 rings (SSSR count). The molecule has 0 saturated carbocycles. The second kappa shape index (κ2) is 7.17. The average Bonchev–Trinajstić information content (AvgIpc) is 2.43. The van der Waals surface area contributed by atoms with Gasteiger partial charge >= 0.3 is 5.97 Å². The first-order valence-electron chi connectivity index (χ1n) is 6.21. The highest BCUT2D eigenvalue weighted by Gasteiger charge is 2.16. The fraction of sp³-hybridized carbons (Fsp3) is 0.417. The number of rotatable bonds is 7. The molecule has 21 heavy (non-hydrogen) atoms. The Morgan fingerprint density at radius 3 is 2.76 bits per heavy atom. The molecule has 1 heterocycles. The Morgan fingerprint density at radius 2 is 2.19 bits per heavy atom. The van der Waals surface area contributed by atoms with Crippen molar-refractivity contribution in [3.05, 3.63) is 38.3 Å². The number of H-pyrrole nitrogens is 1. The van der Waals surface area contributed by atoms with E-state index in [4.69, 9.17) is 5.11 Å². The first-order chi connectivity index (χ1) is 9.82. The van der Waals surface area contributed by atoms with Gasteiger partial charge in [-0.05, 0) is 12.8 Å². The number of carbonyl (C=O) groups is 2. The molecule has 0 bridgehead atoms. The molecule has 0 aliphatic carbocycles. The topological polar surface area (TPSA) is 142 Å². The summed E-state index contributed by atoms with van der Waals surface area (Å²) in [5.74, 6) is -2.18. The number of carboxylic acid groups (broad SMARTS) is 1. The Morgan fingerprint density at radius 1 is 1.52 bits per heavy atom. The second-order valence-corrected chi connectivity index (χ2v) is 4.50. The highest BCUT2D eigenvalue weighted by molar-refractivity contribution is 5.94. The molecule has 1 atom stereocenters. The molecule has 0 aliphatic rings. The van der Waals surface area contributed by atoms with Crippen LogP contribution >= 0.6 is 0 Å². The zero-order valence-electron chi connectivity index (χ0n) is 11.3. The van der Waals surface area contributed by atoms with Crippen LogP contribution in [0.2, 0.25) is 0 Å². The summed E-state index contributed by atoms with van der Waals surface area (Å²) in [5.41, 5.74) is -1.47. The Labute approximate surface area is 119 Å². The Kier molecular flexibility index (Phi) is 5.58. The Bertz CT molecular complexity index is 609. The number of carbonyl (C=O) groups excluding carboxylic acids is 1. The van der Waals surface area contributed by atoms with Crippen molar-refractivity contribution < 1.29 is 19.6 Å². The number of nitro groups is 1. The van der Waals surface area contributed by atoms with Gasteiger partial charge in [-0.15, -0.1) is 0 Å². The zero-order valence-corrected chi connectivity index (χ0v) is 11.3. The molecule has 114 valence electrons. The molecule has 0 radical (unpaired) electrons. The highest BCUT2D eigenvalue weighted by atomic mass is 16.6. The summed E-state index contributed by atoms with van der Waals surface area (Å²) in [4.78, 5) is 45.8. The van der Waals surface area contributed by atoms with Crippen LogP contribution in [0.4, 0.5) is 5.69 Å². The van der Waals surface area contributed by atoms with E-state index in [0.717, 1.165) is 12.3 Å². The zero-order chi connectivity index (χ0) is 16.0. The van der Waals surface area contributed by atoms with Gasteiger partial charge < -0.3 is 15.4 Å². The maximum absolute atomic E-state index is 11.7. The van der Waals surface area contributed by atoms with Crippen molar-refractivity contribution in [2.24, 2.45) is 5.92 Å². The minimum absolute atomic E-state index is 0.179. The van der Waals surface area contributed by atoms with Gasteiger partial charge in [-0.3, -0.25) is 24.5 Å². The number of hydrogen-bond donors (Lipinski definition) is 3. The molecule has 0 spiro atoms. The Balaban J connectivity index is 2.60. The van der Waals surface area contributed by atoms with Crippen molar-refractivity contribution in [3.8, 4) is 0 Å². The van der Waals surface area contributed by atoms with Crippen LogP contribution in [0.25, 0.3) is 0 Å². The fourth-order valence-electron chi connectivity index (χ4n) is 1.58. The smallest absolute Gasteiger partial charge is 0.306 e. The van der Waals surface area contributed by atoms with E-state index in [1.54, 1.807) is 6.92 Å². The lowest BCUT2D eigenvalue weighted by molar-refractivity contribution is -0.385. The highest BCUT2D eigenvalue weighted by Crippen LogP contribution is 2.08. The van der Waals surface area contributed by atoms with E-state index in [0.29, 0.717) is 12.8 Å². The summed E-state index contributed by atoms with van der Waals surface area (Å²) in [5, 5.41) is 21.7. The van der Waals surface area contributed by atoms with E-state index in [9.17, 15) is 24.5 Å². The molecule has 0 aromatic carbocycles. The van der Waals surface area contributed by atoms with Crippen LogP contribution in [-0.4, -0.2) is 33.4 Å². The van der Waals surface area contributed by atoms with Crippen molar-refractivity contribution in [3.63, 3.8) is 0 Å². The number of hydrogen-bond acceptors (Lipinski definition) is 5. The number of aromatic amines is 1. The van der Waals surface area contributed by atoms with E-state index in [-0.39, 0.29) is 17.8 Å². The lowest BCUT2D eigenvalue weighted by Gasteiger charge is -2.07. The molecular weight excluding hydrogens is 282 g/mol. The van der Waals surface area contributed by atoms with E-state index >= 15 is 0 Å². The van der Waals surface area contributed by atoms with E-state index in [2.05, 4.69) is 10.3 Å². The van der Waals surface area contributed by atoms with Gasteiger partial charge in [0.05, 0.1) is 17.0 Å². The number of aromatic nitrogens is 1. The van der Waals surface area contributed by atoms with Crippen LogP contribution in [-0.2, 0) is 4.79 Å². The van der Waals surface area contributed by atoms with Crippen molar-refractivity contribution >= 4 is 17.6 Å². The quantitative estimate of drug-likeness (QED) is 0.380. The fourth-order valence-corrected chi connectivity index (χ4v) is 1.58. The number of amides is 1. The van der Waals surface area contributed by atoms with Gasteiger partial charge in [-0.2, -0.15) is 0 Å². The molecule has 9 heteroatoms. The minimum Gasteiger partial charge on any atom is -0.481 e. The molecule has 0 saturated heterocycles. The molecular formula is C12H15N3O6. The first-order valence-corrected chi connectivity index (χ1v) is 6.21. The van der Waals surface area contributed by atoms with Crippen LogP contribution in [0.15, 0.2) is 17.1 Å². The van der Waals surface area contributed by atoms with Gasteiger partial charge in [-0.1, -0.05) is 6.92 Å². The molecule has 3 N–H and O–H groups in total. The summed E-state index contributed by atoms with van der Waals surface area (Å²) in [6.07, 6.45) is 1.71. The van der Waals surface area contributed by atoms with E-state index in [1.165, 1.54) is 0 Å². The SMILES string of the molecule is CC(CCCNC(=O)c1cc([N+](=O)[O-])c[nH]c1=O)C(=O)O. The van der Waals surface area contributed by atoms with Crippen LogP contribution in [0.3, 0.4) is 0 Å². The van der Waals surface area contributed by atoms with Crippen molar-refractivity contribution in [1.29, 1.82) is 0 Å². The summed E-state index contributed by atoms with van der Waals surface area (Å²) >= 11 is 0. The minimum atomic E-state index is -0.920. The lowest BCUT2D eigenvalue weighted by Crippen LogP contribution is -2.30. The van der Waals surface area contributed by atoms with Gasteiger partial charge in [0.2, 0.25) is 0 Å².